The first-order valence-electron chi connectivity index (χ1n) is 7.90. The van der Waals surface area contributed by atoms with Crippen LogP contribution in [0.4, 0.5) is 4.79 Å². The molecule has 1 unspecified atom stereocenters. The van der Waals surface area contributed by atoms with E-state index >= 15 is 0 Å². The highest BCUT2D eigenvalue weighted by atomic mass is 28.4. The van der Waals surface area contributed by atoms with E-state index in [0.29, 0.717) is 6.54 Å². The topological polar surface area (TPSA) is 55.8 Å². The minimum Gasteiger partial charge on any atom is -0.447 e. The van der Waals surface area contributed by atoms with Crippen LogP contribution in [0.25, 0.3) is 0 Å². The number of cyclic esters (lactones) is 1. The Kier molecular flexibility index (Phi) is 5.50. The summed E-state index contributed by atoms with van der Waals surface area (Å²) in [5.41, 5.74) is -0.172. The average Bonchev–Trinajstić information content (AvgIpc) is 2.71. The van der Waals surface area contributed by atoms with Gasteiger partial charge in [0, 0.05) is 0 Å². The van der Waals surface area contributed by atoms with Gasteiger partial charge in [-0.15, -0.1) is 0 Å². The van der Waals surface area contributed by atoms with E-state index in [1.165, 1.54) is 4.90 Å². The predicted molar refractivity (Wildman–Crippen MR) is 89.2 cm³/mol. The van der Waals surface area contributed by atoms with Gasteiger partial charge in [-0.25, -0.2) is 9.69 Å². The van der Waals surface area contributed by atoms with Crippen molar-refractivity contribution in [3.05, 3.63) is 0 Å². The van der Waals surface area contributed by atoms with Crippen LogP contribution in [0.3, 0.4) is 0 Å². The van der Waals surface area contributed by atoms with Gasteiger partial charge in [-0.1, -0.05) is 41.5 Å². The van der Waals surface area contributed by atoms with E-state index in [-0.39, 0.29) is 35.5 Å². The number of rotatable bonds is 4. The van der Waals surface area contributed by atoms with Gasteiger partial charge in [0.15, 0.2) is 8.32 Å². The van der Waals surface area contributed by atoms with Crippen molar-refractivity contribution in [2.75, 3.05) is 13.2 Å². The van der Waals surface area contributed by atoms with Crippen LogP contribution in [0.1, 0.15) is 48.0 Å². The normalized spacial score (nSPS) is 18.4. The van der Waals surface area contributed by atoms with Crippen LogP contribution >= 0.6 is 0 Å². The molecule has 0 aromatic rings. The molecular formula is C16H31NO4Si. The molecule has 1 aliphatic rings. The third-order valence-corrected chi connectivity index (χ3v) is 9.12. The van der Waals surface area contributed by atoms with Gasteiger partial charge in [0.25, 0.3) is 0 Å². The van der Waals surface area contributed by atoms with Crippen molar-refractivity contribution < 1.29 is 18.8 Å². The maximum atomic E-state index is 12.4. The molecule has 1 aliphatic heterocycles. The molecule has 22 heavy (non-hydrogen) atoms. The summed E-state index contributed by atoms with van der Waals surface area (Å²) >= 11 is 0. The van der Waals surface area contributed by atoms with Gasteiger partial charge in [-0.05, 0) is 23.5 Å². The Labute approximate surface area is 135 Å². The molecule has 0 aromatic heterocycles. The van der Waals surface area contributed by atoms with Crippen molar-refractivity contribution >= 4 is 20.3 Å². The second kappa shape index (κ2) is 6.32. The summed E-state index contributed by atoms with van der Waals surface area (Å²) < 4.78 is 11.3. The van der Waals surface area contributed by atoms with E-state index in [1.807, 2.05) is 0 Å². The molecule has 128 valence electrons. The van der Waals surface area contributed by atoms with Crippen LogP contribution in [0, 0.1) is 5.41 Å². The smallest absolute Gasteiger partial charge is 0.416 e. The average molecular weight is 330 g/mol. The van der Waals surface area contributed by atoms with Gasteiger partial charge in [0.1, 0.15) is 6.61 Å². The summed E-state index contributed by atoms with van der Waals surface area (Å²) in [4.78, 5) is 25.1. The standard InChI is InChI=1S/C16H31NO4Si/c1-15(2,3)12(21-22(7,8)16(4,5)6)11-13(18)17-9-10-20-14(17)19/h12H,9-11H2,1-8H3. The molecule has 1 heterocycles. The molecule has 0 saturated carbocycles. The molecule has 0 spiro atoms. The molecule has 0 aromatic carbocycles. The molecule has 1 rings (SSSR count). The fourth-order valence-corrected chi connectivity index (χ4v) is 3.45. The molecule has 0 bridgehead atoms. The predicted octanol–water partition coefficient (Wildman–Crippen LogP) is 3.79. The first kappa shape index (κ1) is 19.2. The lowest BCUT2D eigenvalue weighted by atomic mass is 9.87. The van der Waals surface area contributed by atoms with Crippen LogP contribution < -0.4 is 0 Å². The fraction of sp³-hybridized carbons (Fsp3) is 0.875. The number of nitrogens with zero attached hydrogens (tertiary/aromatic N) is 1. The molecule has 0 radical (unpaired) electrons. The zero-order valence-electron chi connectivity index (χ0n) is 15.3. The van der Waals surface area contributed by atoms with E-state index in [2.05, 4.69) is 54.6 Å². The molecule has 1 saturated heterocycles. The van der Waals surface area contributed by atoms with Gasteiger partial charge >= 0.3 is 6.09 Å². The van der Waals surface area contributed by atoms with Gasteiger partial charge in [0.05, 0.1) is 19.1 Å². The summed E-state index contributed by atoms with van der Waals surface area (Å²) in [6.45, 7) is 17.7. The third-order valence-electron chi connectivity index (χ3n) is 4.63. The zero-order chi connectivity index (χ0) is 17.3. The van der Waals surface area contributed by atoms with Crippen molar-refractivity contribution in [3.63, 3.8) is 0 Å². The second-order valence-corrected chi connectivity index (χ2v) is 13.4. The van der Waals surface area contributed by atoms with Gasteiger partial charge in [-0.2, -0.15) is 0 Å². The maximum absolute atomic E-state index is 12.4. The lowest BCUT2D eigenvalue weighted by molar-refractivity contribution is -0.131. The first-order valence-corrected chi connectivity index (χ1v) is 10.8. The van der Waals surface area contributed by atoms with E-state index in [9.17, 15) is 9.59 Å². The van der Waals surface area contributed by atoms with Crippen molar-refractivity contribution in [2.45, 2.75) is 72.2 Å². The Hall–Kier alpha value is -0.883. The van der Waals surface area contributed by atoms with E-state index < -0.39 is 14.4 Å². The number of imide groups is 1. The lowest BCUT2D eigenvalue weighted by Crippen LogP contribution is -2.49. The summed E-state index contributed by atoms with van der Waals surface area (Å²) in [7, 11) is -1.99. The van der Waals surface area contributed by atoms with E-state index in [0.717, 1.165) is 0 Å². The quantitative estimate of drug-likeness (QED) is 0.736. The number of hydrogen-bond acceptors (Lipinski definition) is 4. The van der Waals surface area contributed by atoms with Crippen LogP contribution in [0.2, 0.25) is 18.1 Å². The summed E-state index contributed by atoms with van der Waals surface area (Å²) in [6, 6.07) is 0. The summed E-state index contributed by atoms with van der Waals surface area (Å²) in [5.74, 6) is -0.207. The highest BCUT2D eigenvalue weighted by molar-refractivity contribution is 6.74. The number of ether oxygens (including phenoxy) is 1. The lowest BCUT2D eigenvalue weighted by Gasteiger charge is -2.43. The summed E-state index contributed by atoms with van der Waals surface area (Å²) in [6.07, 6.45) is -0.537. The molecule has 5 nitrogen and oxygen atoms in total. The molecule has 1 fully saturated rings. The van der Waals surface area contributed by atoms with E-state index in [1.54, 1.807) is 0 Å². The molecular weight excluding hydrogens is 298 g/mol. The van der Waals surface area contributed by atoms with E-state index in [4.69, 9.17) is 9.16 Å². The molecule has 0 aliphatic carbocycles. The zero-order valence-corrected chi connectivity index (χ0v) is 16.3. The van der Waals surface area contributed by atoms with Crippen molar-refractivity contribution in [2.24, 2.45) is 5.41 Å². The molecule has 1 atom stereocenters. The number of amides is 2. The molecule has 6 heteroatoms. The fourth-order valence-electron chi connectivity index (χ4n) is 1.95. The summed E-state index contributed by atoms with van der Waals surface area (Å²) in [5, 5.41) is 0.0755. The monoisotopic (exact) mass is 329 g/mol. The Balaban J connectivity index is 2.87. The Bertz CT molecular complexity index is 434. The number of hydrogen-bond donors (Lipinski definition) is 0. The van der Waals surface area contributed by atoms with Crippen LogP contribution in [0.15, 0.2) is 0 Å². The first-order chi connectivity index (χ1) is 9.75. The highest BCUT2D eigenvalue weighted by Crippen LogP contribution is 2.40. The number of carbonyl (C=O) groups is 2. The van der Waals surface area contributed by atoms with Crippen molar-refractivity contribution in [3.8, 4) is 0 Å². The Morgan fingerprint density at radius 2 is 1.82 bits per heavy atom. The number of carbonyl (C=O) groups excluding carboxylic acids is 2. The van der Waals surface area contributed by atoms with Crippen LogP contribution in [-0.2, 0) is 14.0 Å². The minimum atomic E-state index is -1.99. The molecule has 0 N–H and O–H groups in total. The largest absolute Gasteiger partial charge is 0.447 e. The van der Waals surface area contributed by atoms with Crippen LogP contribution in [0.5, 0.6) is 0 Å². The van der Waals surface area contributed by atoms with Crippen LogP contribution in [-0.4, -0.2) is 44.5 Å². The highest BCUT2D eigenvalue weighted by Gasteiger charge is 2.43. The van der Waals surface area contributed by atoms with Crippen molar-refractivity contribution in [1.82, 2.24) is 4.90 Å². The SMILES string of the molecule is CC(C)(C)C(CC(=O)N1CCOC1=O)O[Si](C)(C)C(C)(C)C. The van der Waals surface area contributed by atoms with Gasteiger partial charge < -0.3 is 9.16 Å². The second-order valence-electron chi connectivity index (χ2n) is 8.60. The Morgan fingerprint density at radius 1 is 1.27 bits per heavy atom. The van der Waals surface area contributed by atoms with Gasteiger partial charge in [0.2, 0.25) is 5.91 Å². The third kappa shape index (κ3) is 4.55. The Morgan fingerprint density at radius 3 is 2.18 bits per heavy atom. The van der Waals surface area contributed by atoms with Crippen molar-refractivity contribution in [1.29, 1.82) is 0 Å². The minimum absolute atomic E-state index is 0.0755. The molecule has 2 amide bonds. The van der Waals surface area contributed by atoms with Gasteiger partial charge in [-0.3, -0.25) is 4.79 Å². The maximum Gasteiger partial charge on any atom is 0.416 e.